The van der Waals surface area contributed by atoms with Crippen LogP contribution in [0.1, 0.15) is 12.0 Å². The third-order valence-corrected chi connectivity index (χ3v) is 5.82. The molecule has 3 aromatic rings. The number of hydrogen-bond acceptors (Lipinski definition) is 6. The van der Waals surface area contributed by atoms with E-state index < -0.39 is 10.0 Å². The summed E-state index contributed by atoms with van der Waals surface area (Å²) in [6, 6.07) is 18.0. The average molecular weight is 424 g/mol. The molecule has 2 N–H and O–H groups in total. The van der Waals surface area contributed by atoms with Gasteiger partial charge in [0.05, 0.1) is 23.8 Å². The van der Waals surface area contributed by atoms with Gasteiger partial charge in [0, 0.05) is 30.0 Å². The van der Waals surface area contributed by atoms with Gasteiger partial charge in [-0.3, -0.25) is 9.71 Å². The number of sulfonamides is 1. The molecule has 0 aliphatic carbocycles. The molecule has 0 fully saturated rings. The van der Waals surface area contributed by atoms with Crippen LogP contribution in [0, 0.1) is 0 Å². The maximum atomic E-state index is 12.7. The lowest BCUT2D eigenvalue weighted by Crippen LogP contribution is -2.13. The Morgan fingerprint density at radius 1 is 0.933 bits per heavy atom. The van der Waals surface area contributed by atoms with E-state index in [4.69, 9.17) is 9.47 Å². The molecule has 0 saturated carbocycles. The predicted octanol–water partition coefficient (Wildman–Crippen LogP) is 4.10. The molecule has 0 bridgehead atoms. The van der Waals surface area contributed by atoms with Crippen molar-refractivity contribution >= 4 is 27.6 Å². The zero-order chi connectivity index (χ0) is 21.0. The van der Waals surface area contributed by atoms with E-state index in [0.717, 1.165) is 6.42 Å². The summed E-state index contributed by atoms with van der Waals surface area (Å²) in [6.45, 7) is 1.02. The molecule has 0 saturated heterocycles. The van der Waals surface area contributed by atoms with E-state index in [-0.39, 0.29) is 10.6 Å². The summed E-state index contributed by atoms with van der Waals surface area (Å²) in [5.74, 6) is 1.10. The highest BCUT2D eigenvalue weighted by atomic mass is 32.2. The molecular formula is C22H20N2O5S. The average Bonchev–Trinajstić information content (AvgIpc) is 2.99. The number of benzene rings is 3. The quantitative estimate of drug-likeness (QED) is 0.601. The third kappa shape index (κ3) is 4.55. The van der Waals surface area contributed by atoms with Crippen molar-refractivity contribution in [1.82, 2.24) is 0 Å². The standard InChI is InChI=1S/C22H20N2O5S/c25-20-5-2-1-4-16(20)15-23-17-6-8-18(9-7-17)24-30(26,27)19-10-11-21-22(14-19)29-13-3-12-28-21/h1-2,4-11,14-15,24-25H,3,12-13H2. The van der Waals surface area contributed by atoms with Crippen molar-refractivity contribution in [3.8, 4) is 17.2 Å². The summed E-state index contributed by atoms with van der Waals surface area (Å²) in [5, 5.41) is 9.77. The summed E-state index contributed by atoms with van der Waals surface area (Å²) in [6.07, 6.45) is 2.29. The van der Waals surface area contributed by atoms with Crippen LogP contribution in [0.3, 0.4) is 0 Å². The second kappa shape index (κ2) is 8.46. The number of nitrogens with zero attached hydrogens (tertiary/aromatic N) is 1. The minimum absolute atomic E-state index is 0.0911. The van der Waals surface area contributed by atoms with E-state index in [9.17, 15) is 13.5 Å². The largest absolute Gasteiger partial charge is 0.507 e. The van der Waals surface area contributed by atoms with Crippen molar-refractivity contribution in [2.45, 2.75) is 11.3 Å². The normalized spacial score (nSPS) is 13.7. The van der Waals surface area contributed by atoms with Crippen LogP contribution < -0.4 is 14.2 Å². The van der Waals surface area contributed by atoms with E-state index in [1.807, 2.05) is 0 Å². The van der Waals surface area contributed by atoms with Crippen molar-refractivity contribution in [3.05, 3.63) is 72.3 Å². The smallest absolute Gasteiger partial charge is 0.262 e. The first-order chi connectivity index (χ1) is 14.5. The number of para-hydroxylation sites is 1. The van der Waals surface area contributed by atoms with Crippen LogP contribution in [0.4, 0.5) is 11.4 Å². The molecule has 0 aromatic heterocycles. The van der Waals surface area contributed by atoms with Crippen molar-refractivity contribution < 1.29 is 23.0 Å². The minimum Gasteiger partial charge on any atom is -0.507 e. The molecule has 7 nitrogen and oxygen atoms in total. The number of aliphatic imine (C=N–C) groups is 1. The second-order valence-corrected chi connectivity index (χ2v) is 8.31. The zero-order valence-corrected chi connectivity index (χ0v) is 16.8. The number of nitrogens with one attached hydrogen (secondary N) is 1. The van der Waals surface area contributed by atoms with Gasteiger partial charge in [-0.1, -0.05) is 12.1 Å². The molecule has 1 aliphatic rings. The van der Waals surface area contributed by atoms with E-state index >= 15 is 0 Å². The molecule has 1 heterocycles. The number of phenolic OH excluding ortho intramolecular Hbond substituents is 1. The van der Waals surface area contributed by atoms with Gasteiger partial charge in [-0.15, -0.1) is 0 Å². The first-order valence-corrected chi connectivity index (χ1v) is 10.8. The Morgan fingerprint density at radius 2 is 1.67 bits per heavy atom. The maximum absolute atomic E-state index is 12.7. The minimum atomic E-state index is -3.79. The Bertz CT molecular complexity index is 1170. The maximum Gasteiger partial charge on any atom is 0.262 e. The van der Waals surface area contributed by atoms with Gasteiger partial charge >= 0.3 is 0 Å². The van der Waals surface area contributed by atoms with Gasteiger partial charge in [-0.05, 0) is 48.5 Å². The Hall–Kier alpha value is -3.52. The van der Waals surface area contributed by atoms with E-state index in [0.29, 0.717) is 41.7 Å². The van der Waals surface area contributed by atoms with Gasteiger partial charge < -0.3 is 14.6 Å². The van der Waals surface area contributed by atoms with Crippen LogP contribution in [-0.2, 0) is 10.0 Å². The number of aromatic hydroxyl groups is 1. The van der Waals surface area contributed by atoms with Crippen molar-refractivity contribution in [1.29, 1.82) is 0 Å². The van der Waals surface area contributed by atoms with Gasteiger partial charge in [0.2, 0.25) is 0 Å². The van der Waals surface area contributed by atoms with Crippen LogP contribution in [0.5, 0.6) is 17.2 Å². The molecule has 0 radical (unpaired) electrons. The summed E-state index contributed by atoms with van der Waals surface area (Å²) < 4.78 is 39.1. The molecule has 4 rings (SSSR count). The molecule has 0 atom stereocenters. The van der Waals surface area contributed by atoms with E-state index in [1.165, 1.54) is 12.1 Å². The molecule has 154 valence electrons. The summed E-state index contributed by atoms with van der Waals surface area (Å²) in [4.78, 5) is 4.39. The Kier molecular flexibility index (Phi) is 5.58. The summed E-state index contributed by atoms with van der Waals surface area (Å²) in [5.41, 5.74) is 1.62. The highest BCUT2D eigenvalue weighted by Crippen LogP contribution is 2.32. The molecule has 8 heteroatoms. The van der Waals surface area contributed by atoms with Gasteiger partial charge in [-0.2, -0.15) is 0 Å². The monoisotopic (exact) mass is 424 g/mol. The van der Waals surface area contributed by atoms with Gasteiger partial charge in [0.25, 0.3) is 10.0 Å². The van der Waals surface area contributed by atoms with Crippen molar-refractivity contribution in [2.24, 2.45) is 4.99 Å². The molecular weight excluding hydrogens is 404 g/mol. The van der Waals surface area contributed by atoms with Gasteiger partial charge in [0.1, 0.15) is 5.75 Å². The van der Waals surface area contributed by atoms with Gasteiger partial charge in [0.15, 0.2) is 11.5 Å². The lowest BCUT2D eigenvalue weighted by atomic mass is 10.2. The van der Waals surface area contributed by atoms with Crippen LogP contribution >= 0.6 is 0 Å². The second-order valence-electron chi connectivity index (χ2n) is 6.63. The number of phenols is 1. The van der Waals surface area contributed by atoms with Crippen LogP contribution in [0.15, 0.2) is 76.6 Å². The Balaban J connectivity index is 1.49. The molecule has 0 amide bonds. The number of rotatable bonds is 5. The molecule has 3 aromatic carbocycles. The first-order valence-electron chi connectivity index (χ1n) is 9.36. The fourth-order valence-corrected chi connectivity index (χ4v) is 3.95. The lowest BCUT2D eigenvalue weighted by Gasteiger charge is -2.11. The van der Waals surface area contributed by atoms with Crippen molar-refractivity contribution in [2.75, 3.05) is 17.9 Å². The number of hydrogen-bond donors (Lipinski definition) is 2. The van der Waals surface area contributed by atoms with Crippen molar-refractivity contribution in [3.63, 3.8) is 0 Å². The van der Waals surface area contributed by atoms with E-state index in [1.54, 1.807) is 60.8 Å². The predicted molar refractivity (Wildman–Crippen MR) is 115 cm³/mol. The zero-order valence-electron chi connectivity index (χ0n) is 16.0. The number of anilines is 1. The summed E-state index contributed by atoms with van der Waals surface area (Å²) >= 11 is 0. The summed E-state index contributed by atoms with van der Waals surface area (Å²) in [7, 11) is -3.79. The lowest BCUT2D eigenvalue weighted by molar-refractivity contribution is 0.297. The van der Waals surface area contributed by atoms with Gasteiger partial charge in [-0.25, -0.2) is 8.42 Å². The topological polar surface area (TPSA) is 97.2 Å². The SMILES string of the molecule is O=S(=O)(Nc1ccc(N=Cc2ccccc2O)cc1)c1ccc2c(c1)OCCCO2. The Morgan fingerprint density at radius 3 is 2.43 bits per heavy atom. The first kappa shape index (κ1) is 19.8. The molecule has 0 unspecified atom stereocenters. The fraction of sp³-hybridized carbons (Fsp3) is 0.136. The van der Waals surface area contributed by atoms with Crippen LogP contribution in [0.2, 0.25) is 0 Å². The van der Waals surface area contributed by atoms with E-state index in [2.05, 4.69) is 9.71 Å². The molecule has 30 heavy (non-hydrogen) atoms. The fourth-order valence-electron chi connectivity index (χ4n) is 2.88. The Labute approximate surface area is 174 Å². The van der Waals surface area contributed by atoms with Crippen LogP contribution in [0.25, 0.3) is 0 Å². The number of ether oxygens (including phenoxy) is 2. The third-order valence-electron chi connectivity index (χ3n) is 4.44. The molecule has 1 aliphatic heterocycles. The number of fused-ring (bicyclic) bond motifs is 1. The van der Waals surface area contributed by atoms with Crippen LogP contribution in [-0.4, -0.2) is 33.0 Å². The highest BCUT2D eigenvalue weighted by Gasteiger charge is 2.19. The molecule has 0 spiro atoms. The highest BCUT2D eigenvalue weighted by molar-refractivity contribution is 7.92.